The molecule has 0 aliphatic carbocycles. The Hall–Kier alpha value is -0.660. The Morgan fingerprint density at radius 2 is 2.25 bits per heavy atom. The summed E-state index contributed by atoms with van der Waals surface area (Å²) in [7, 11) is -3.93. The molecule has 6 nitrogen and oxygen atoms in total. The van der Waals surface area contributed by atoms with Crippen molar-refractivity contribution >= 4 is 16.2 Å². The molecule has 0 bridgehead atoms. The van der Waals surface area contributed by atoms with Crippen LogP contribution in [-0.4, -0.2) is 43.0 Å². The van der Waals surface area contributed by atoms with Crippen LogP contribution in [0, 0.1) is 0 Å². The van der Waals surface area contributed by atoms with Gasteiger partial charge in [0.1, 0.15) is 0 Å². The molecule has 0 radical (unpaired) electrons. The Labute approximate surface area is 70.0 Å². The fourth-order valence-electron chi connectivity index (χ4n) is 0.850. The highest BCUT2D eigenvalue weighted by Crippen LogP contribution is 2.11. The third kappa shape index (κ3) is 1.74. The van der Waals surface area contributed by atoms with Gasteiger partial charge in [0, 0.05) is 6.92 Å². The molecule has 70 valence electrons. The number of nitrogens with zero attached hydrogens (tertiary/aromatic N) is 1. The number of aliphatic hydroxyl groups is 1. The molecule has 1 fully saturated rings. The minimum absolute atomic E-state index is 0.225. The van der Waals surface area contributed by atoms with Gasteiger partial charge in [-0.2, -0.15) is 8.42 Å². The van der Waals surface area contributed by atoms with E-state index < -0.39 is 22.3 Å². The van der Waals surface area contributed by atoms with Gasteiger partial charge in [0.2, 0.25) is 5.91 Å². The molecule has 0 spiro atoms. The van der Waals surface area contributed by atoms with Crippen LogP contribution in [0.1, 0.15) is 6.92 Å². The third-order valence-corrected chi connectivity index (χ3v) is 2.79. The van der Waals surface area contributed by atoms with Crippen molar-refractivity contribution in [3.05, 3.63) is 0 Å². The van der Waals surface area contributed by atoms with Crippen LogP contribution in [0.25, 0.3) is 0 Å². The third-order valence-electron chi connectivity index (χ3n) is 1.41. The first kappa shape index (κ1) is 9.43. The van der Waals surface area contributed by atoms with E-state index in [-0.39, 0.29) is 13.2 Å². The zero-order valence-corrected chi connectivity index (χ0v) is 7.24. The highest BCUT2D eigenvalue weighted by Gasteiger charge is 2.33. The van der Waals surface area contributed by atoms with E-state index in [1.165, 1.54) is 0 Å². The molecule has 0 aromatic rings. The van der Waals surface area contributed by atoms with Gasteiger partial charge in [0.15, 0.2) is 0 Å². The molecule has 12 heavy (non-hydrogen) atoms. The van der Waals surface area contributed by atoms with Crippen molar-refractivity contribution < 1.29 is 22.5 Å². The Morgan fingerprint density at radius 3 is 2.67 bits per heavy atom. The second-order valence-electron chi connectivity index (χ2n) is 2.45. The summed E-state index contributed by atoms with van der Waals surface area (Å²) in [4.78, 5) is 10.7. The lowest BCUT2D eigenvalue weighted by Crippen LogP contribution is -2.48. The van der Waals surface area contributed by atoms with Crippen LogP contribution in [0.3, 0.4) is 0 Å². The highest BCUT2D eigenvalue weighted by atomic mass is 32.2. The van der Waals surface area contributed by atoms with E-state index in [1.54, 1.807) is 0 Å². The van der Waals surface area contributed by atoms with E-state index in [0.29, 0.717) is 4.31 Å². The number of rotatable bonds is 0. The molecule has 1 N–H and O–H groups in total. The van der Waals surface area contributed by atoms with E-state index in [2.05, 4.69) is 4.18 Å². The summed E-state index contributed by atoms with van der Waals surface area (Å²) in [6.07, 6.45) is -0.933. The van der Waals surface area contributed by atoms with Crippen LogP contribution in [0.15, 0.2) is 0 Å². The minimum atomic E-state index is -3.93. The van der Waals surface area contributed by atoms with Gasteiger partial charge < -0.3 is 5.11 Å². The van der Waals surface area contributed by atoms with E-state index in [4.69, 9.17) is 5.11 Å². The quantitative estimate of drug-likeness (QED) is 0.507. The second-order valence-corrected chi connectivity index (χ2v) is 3.98. The van der Waals surface area contributed by atoms with Gasteiger partial charge in [-0.25, -0.2) is 4.31 Å². The van der Waals surface area contributed by atoms with Gasteiger partial charge in [-0.05, 0) is 0 Å². The van der Waals surface area contributed by atoms with Crippen molar-refractivity contribution in [3.63, 3.8) is 0 Å². The molecule has 0 unspecified atom stereocenters. The normalized spacial score (nSPS) is 28.5. The SMILES string of the molecule is CC(=O)N1C[C@H](O)COS1(=O)=O. The highest BCUT2D eigenvalue weighted by molar-refractivity contribution is 7.84. The topological polar surface area (TPSA) is 83.9 Å². The van der Waals surface area contributed by atoms with Crippen LogP contribution in [0.4, 0.5) is 0 Å². The molecular formula is C5H9NO5S. The maximum absolute atomic E-state index is 10.9. The van der Waals surface area contributed by atoms with Gasteiger partial charge >= 0.3 is 10.3 Å². The lowest BCUT2D eigenvalue weighted by Gasteiger charge is -2.27. The fraction of sp³-hybridized carbons (Fsp3) is 0.800. The van der Waals surface area contributed by atoms with Crippen molar-refractivity contribution in [2.45, 2.75) is 13.0 Å². The molecule has 1 aliphatic heterocycles. The summed E-state index contributed by atoms with van der Waals surface area (Å²) in [6, 6.07) is 0. The smallest absolute Gasteiger partial charge is 0.364 e. The molecule has 1 amide bonds. The van der Waals surface area contributed by atoms with Crippen molar-refractivity contribution in [2.24, 2.45) is 0 Å². The van der Waals surface area contributed by atoms with E-state index in [1.807, 2.05) is 0 Å². The van der Waals surface area contributed by atoms with Gasteiger partial charge in [-0.3, -0.25) is 8.98 Å². The Balaban J connectivity index is 2.87. The van der Waals surface area contributed by atoms with E-state index in [0.717, 1.165) is 6.92 Å². The van der Waals surface area contributed by atoms with Crippen LogP contribution >= 0.6 is 0 Å². The maximum Gasteiger partial charge on any atom is 0.364 e. The number of amides is 1. The first-order valence-corrected chi connectivity index (χ1v) is 4.66. The molecule has 1 heterocycles. The number of carbonyl (C=O) groups is 1. The Kier molecular flexibility index (Phi) is 2.36. The summed E-state index contributed by atoms with van der Waals surface area (Å²) in [5, 5.41) is 8.98. The molecule has 1 atom stereocenters. The number of β-amino-alcohol motifs (C(OH)–C–C–N with tert-alkyl or cyclic N) is 1. The Bertz CT molecular complexity index is 284. The predicted molar refractivity (Wildman–Crippen MR) is 38.3 cm³/mol. The van der Waals surface area contributed by atoms with Crippen molar-refractivity contribution in [3.8, 4) is 0 Å². The average Bonchev–Trinajstić information content (AvgIpc) is 1.94. The molecule has 0 saturated carbocycles. The molecule has 7 heteroatoms. The predicted octanol–water partition coefficient (Wildman–Crippen LogP) is -1.53. The molecular weight excluding hydrogens is 186 g/mol. The van der Waals surface area contributed by atoms with E-state index >= 15 is 0 Å². The number of aliphatic hydroxyl groups excluding tert-OH is 1. The fourth-order valence-corrected chi connectivity index (χ4v) is 1.98. The largest absolute Gasteiger partial charge is 0.389 e. The number of hydrogen-bond acceptors (Lipinski definition) is 5. The van der Waals surface area contributed by atoms with Crippen molar-refractivity contribution in [1.82, 2.24) is 4.31 Å². The summed E-state index contributed by atoms with van der Waals surface area (Å²) in [6.45, 7) is 0.586. The average molecular weight is 195 g/mol. The van der Waals surface area contributed by atoms with Gasteiger partial charge in [0.25, 0.3) is 0 Å². The lowest BCUT2D eigenvalue weighted by molar-refractivity contribution is -0.126. The van der Waals surface area contributed by atoms with Crippen molar-refractivity contribution in [2.75, 3.05) is 13.2 Å². The number of carbonyl (C=O) groups excluding carboxylic acids is 1. The number of hydrogen-bond donors (Lipinski definition) is 1. The van der Waals surface area contributed by atoms with Crippen LogP contribution in [-0.2, 0) is 19.3 Å². The zero-order valence-electron chi connectivity index (χ0n) is 6.43. The van der Waals surface area contributed by atoms with Crippen LogP contribution in [0.2, 0.25) is 0 Å². The van der Waals surface area contributed by atoms with E-state index in [9.17, 15) is 13.2 Å². The Morgan fingerprint density at radius 1 is 1.67 bits per heavy atom. The molecule has 1 rings (SSSR count). The van der Waals surface area contributed by atoms with Gasteiger partial charge in [0.05, 0.1) is 19.3 Å². The first-order chi connectivity index (χ1) is 5.43. The maximum atomic E-state index is 10.9. The first-order valence-electron chi connectivity index (χ1n) is 3.29. The summed E-state index contributed by atoms with van der Waals surface area (Å²) in [5.41, 5.74) is 0. The molecule has 0 aromatic heterocycles. The van der Waals surface area contributed by atoms with Crippen LogP contribution < -0.4 is 0 Å². The van der Waals surface area contributed by atoms with Gasteiger partial charge in [-0.15, -0.1) is 0 Å². The lowest BCUT2D eigenvalue weighted by atomic mass is 10.4. The van der Waals surface area contributed by atoms with Crippen LogP contribution in [0.5, 0.6) is 0 Å². The van der Waals surface area contributed by atoms with Gasteiger partial charge in [-0.1, -0.05) is 0 Å². The standard InChI is InChI=1S/C5H9NO5S/c1-4(7)6-2-5(8)3-11-12(6,9)10/h5,8H,2-3H2,1H3/t5-/m0/s1. The van der Waals surface area contributed by atoms with Crippen molar-refractivity contribution in [1.29, 1.82) is 0 Å². The molecule has 1 saturated heterocycles. The summed E-state index contributed by atoms with van der Waals surface area (Å²) >= 11 is 0. The molecule has 0 aromatic carbocycles. The summed E-state index contributed by atoms with van der Waals surface area (Å²) < 4.78 is 26.7. The zero-order chi connectivity index (χ0) is 9.35. The molecule has 1 aliphatic rings. The monoisotopic (exact) mass is 195 g/mol. The summed E-state index contributed by atoms with van der Waals surface area (Å²) in [5.74, 6) is -0.659. The second kappa shape index (κ2) is 3.00. The minimum Gasteiger partial charge on any atom is -0.389 e.